The van der Waals surface area contributed by atoms with E-state index in [2.05, 4.69) is 15.2 Å². The number of aromatic amines is 1. The summed E-state index contributed by atoms with van der Waals surface area (Å²) in [6.07, 6.45) is 0. The molecule has 2 aromatic rings. The van der Waals surface area contributed by atoms with Crippen LogP contribution in [0.3, 0.4) is 0 Å². The number of H-pyrrole nitrogens is 1. The Balaban J connectivity index is 2.57. The summed E-state index contributed by atoms with van der Waals surface area (Å²) in [5, 5.41) is 7.58. The van der Waals surface area contributed by atoms with Crippen LogP contribution < -0.4 is 0 Å². The summed E-state index contributed by atoms with van der Waals surface area (Å²) in [7, 11) is 0. The zero-order chi connectivity index (χ0) is 10.1. The Morgan fingerprint density at radius 2 is 2.07 bits per heavy atom. The predicted octanol–water partition coefficient (Wildman–Crippen LogP) is 2.74. The summed E-state index contributed by atoms with van der Waals surface area (Å²) in [5.41, 5.74) is 1.91. The fourth-order valence-electron chi connectivity index (χ4n) is 1.28. The molecular weight excluding hydrogens is 198 g/mol. The van der Waals surface area contributed by atoms with Crippen molar-refractivity contribution in [3.63, 3.8) is 0 Å². The molecule has 0 amide bonds. The zero-order valence-electron chi connectivity index (χ0n) is 8.00. The average Bonchev–Trinajstić information content (AvgIpc) is 2.57. The Morgan fingerprint density at radius 3 is 2.71 bits per heavy atom. The van der Waals surface area contributed by atoms with Gasteiger partial charge in [-0.1, -0.05) is 23.7 Å². The third-order valence-corrected chi connectivity index (χ3v) is 2.53. The highest BCUT2D eigenvalue weighted by Gasteiger charge is 2.09. The van der Waals surface area contributed by atoms with Crippen LogP contribution in [0.15, 0.2) is 18.2 Å². The van der Waals surface area contributed by atoms with Crippen molar-refractivity contribution in [3.05, 3.63) is 34.6 Å². The van der Waals surface area contributed by atoms with Crippen molar-refractivity contribution in [1.29, 1.82) is 0 Å². The molecule has 0 aliphatic carbocycles. The van der Waals surface area contributed by atoms with Crippen LogP contribution >= 0.6 is 11.6 Å². The number of nitrogens with one attached hydrogen (secondary N) is 1. The van der Waals surface area contributed by atoms with Gasteiger partial charge in [-0.3, -0.25) is 5.10 Å². The van der Waals surface area contributed by atoms with Gasteiger partial charge in [0.05, 0.1) is 5.02 Å². The highest BCUT2D eigenvalue weighted by Crippen LogP contribution is 2.27. The van der Waals surface area contributed by atoms with Gasteiger partial charge in [0.15, 0.2) is 5.82 Å². The number of benzene rings is 1. The van der Waals surface area contributed by atoms with Gasteiger partial charge >= 0.3 is 0 Å². The van der Waals surface area contributed by atoms with Gasteiger partial charge < -0.3 is 0 Å². The number of hydrogen-bond acceptors (Lipinski definition) is 2. The summed E-state index contributed by atoms with van der Waals surface area (Å²) in [6, 6.07) is 5.82. The van der Waals surface area contributed by atoms with Gasteiger partial charge in [-0.05, 0) is 25.5 Å². The van der Waals surface area contributed by atoms with E-state index in [9.17, 15) is 0 Å². The molecule has 1 aromatic carbocycles. The fourth-order valence-corrected chi connectivity index (χ4v) is 1.49. The molecule has 1 heterocycles. The first-order valence-electron chi connectivity index (χ1n) is 4.33. The Kier molecular flexibility index (Phi) is 2.25. The van der Waals surface area contributed by atoms with Crippen molar-refractivity contribution < 1.29 is 0 Å². The van der Waals surface area contributed by atoms with E-state index in [1.54, 1.807) is 0 Å². The Labute approximate surface area is 87.1 Å². The van der Waals surface area contributed by atoms with Gasteiger partial charge in [0.2, 0.25) is 0 Å². The van der Waals surface area contributed by atoms with Crippen molar-refractivity contribution >= 4 is 11.6 Å². The van der Waals surface area contributed by atoms with Crippen LogP contribution in [-0.2, 0) is 0 Å². The molecule has 0 saturated carbocycles. The largest absolute Gasteiger partial charge is 0.263 e. The molecule has 0 saturated heterocycles. The van der Waals surface area contributed by atoms with Crippen LogP contribution in [0.1, 0.15) is 11.4 Å². The molecule has 3 nitrogen and oxygen atoms in total. The van der Waals surface area contributed by atoms with Crippen LogP contribution in [0, 0.1) is 13.8 Å². The summed E-state index contributed by atoms with van der Waals surface area (Å²) >= 11 is 6.14. The normalized spacial score (nSPS) is 10.5. The van der Waals surface area contributed by atoms with Crippen molar-refractivity contribution in [3.8, 4) is 11.4 Å². The Morgan fingerprint density at radius 1 is 1.29 bits per heavy atom. The number of hydrogen-bond donors (Lipinski definition) is 1. The molecule has 0 aliphatic heterocycles. The molecular formula is C10H10ClN3. The van der Waals surface area contributed by atoms with E-state index in [1.165, 1.54) is 0 Å². The molecule has 2 rings (SSSR count). The molecule has 0 fully saturated rings. The molecule has 0 spiro atoms. The van der Waals surface area contributed by atoms with Gasteiger partial charge in [0.25, 0.3) is 0 Å². The van der Waals surface area contributed by atoms with E-state index in [1.807, 2.05) is 32.0 Å². The topological polar surface area (TPSA) is 41.6 Å². The smallest absolute Gasteiger partial charge is 0.182 e. The maximum Gasteiger partial charge on any atom is 0.182 e. The quantitative estimate of drug-likeness (QED) is 0.781. The first-order valence-corrected chi connectivity index (χ1v) is 4.71. The van der Waals surface area contributed by atoms with E-state index in [-0.39, 0.29) is 0 Å². The maximum absolute atomic E-state index is 6.14. The molecule has 1 N–H and O–H groups in total. The van der Waals surface area contributed by atoms with Crippen LogP contribution in [0.25, 0.3) is 11.4 Å². The van der Waals surface area contributed by atoms with Crippen molar-refractivity contribution in [2.45, 2.75) is 13.8 Å². The molecule has 14 heavy (non-hydrogen) atoms. The van der Waals surface area contributed by atoms with Gasteiger partial charge in [-0.2, -0.15) is 5.10 Å². The highest BCUT2D eigenvalue weighted by molar-refractivity contribution is 6.33. The van der Waals surface area contributed by atoms with Gasteiger partial charge in [0.1, 0.15) is 5.82 Å². The summed E-state index contributed by atoms with van der Waals surface area (Å²) < 4.78 is 0. The lowest BCUT2D eigenvalue weighted by Gasteiger charge is -2.01. The maximum atomic E-state index is 6.14. The predicted molar refractivity (Wildman–Crippen MR) is 56.3 cm³/mol. The third-order valence-electron chi connectivity index (χ3n) is 2.03. The van der Waals surface area contributed by atoms with E-state index >= 15 is 0 Å². The highest BCUT2D eigenvalue weighted by atomic mass is 35.5. The van der Waals surface area contributed by atoms with Crippen LogP contribution in [0.4, 0.5) is 0 Å². The first kappa shape index (κ1) is 9.21. The molecule has 0 atom stereocenters. The van der Waals surface area contributed by atoms with Gasteiger partial charge in [-0.25, -0.2) is 4.98 Å². The van der Waals surface area contributed by atoms with E-state index in [0.717, 1.165) is 17.0 Å². The molecule has 72 valence electrons. The van der Waals surface area contributed by atoms with Gasteiger partial charge in [0, 0.05) is 5.56 Å². The van der Waals surface area contributed by atoms with E-state index < -0.39 is 0 Å². The van der Waals surface area contributed by atoms with Gasteiger partial charge in [-0.15, -0.1) is 0 Å². The van der Waals surface area contributed by atoms with Crippen LogP contribution in [0.5, 0.6) is 0 Å². The minimum Gasteiger partial charge on any atom is -0.263 e. The second kappa shape index (κ2) is 3.42. The summed E-state index contributed by atoms with van der Waals surface area (Å²) in [4.78, 5) is 4.23. The van der Waals surface area contributed by atoms with Crippen molar-refractivity contribution in [1.82, 2.24) is 15.2 Å². The number of aryl methyl sites for hydroxylation is 2. The number of aromatic nitrogens is 3. The molecule has 1 aromatic heterocycles. The minimum absolute atomic E-state index is 0.649. The van der Waals surface area contributed by atoms with Crippen LogP contribution in [-0.4, -0.2) is 15.2 Å². The van der Waals surface area contributed by atoms with Crippen LogP contribution in [0.2, 0.25) is 5.02 Å². The van der Waals surface area contributed by atoms with E-state index in [4.69, 9.17) is 11.6 Å². The second-order valence-corrected chi connectivity index (χ2v) is 3.56. The molecule has 0 bridgehead atoms. The van der Waals surface area contributed by atoms with E-state index in [0.29, 0.717) is 10.8 Å². The summed E-state index contributed by atoms with van der Waals surface area (Å²) in [6.45, 7) is 3.82. The average molecular weight is 208 g/mol. The Bertz CT molecular complexity index is 462. The van der Waals surface area contributed by atoms with Crippen molar-refractivity contribution in [2.24, 2.45) is 0 Å². The fraction of sp³-hybridized carbons (Fsp3) is 0.200. The number of halogens is 1. The number of rotatable bonds is 1. The Hall–Kier alpha value is -1.35. The summed E-state index contributed by atoms with van der Waals surface area (Å²) in [5.74, 6) is 1.44. The molecule has 0 radical (unpaired) electrons. The van der Waals surface area contributed by atoms with Crippen molar-refractivity contribution in [2.75, 3.05) is 0 Å². The number of nitrogens with zero attached hydrogens (tertiary/aromatic N) is 2. The molecule has 4 heteroatoms. The molecule has 0 unspecified atom stereocenters. The monoisotopic (exact) mass is 207 g/mol. The third kappa shape index (κ3) is 1.51. The lowest BCUT2D eigenvalue weighted by atomic mass is 10.1. The lowest BCUT2D eigenvalue weighted by Crippen LogP contribution is -1.84. The first-order chi connectivity index (χ1) is 6.68. The second-order valence-electron chi connectivity index (χ2n) is 3.18. The zero-order valence-corrected chi connectivity index (χ0v) is 8.76. The standard InChI is InChI=1S/C10H10ClN3/c1-6-4-3-5-8(9(6)11)10-12-7(2)13-14-10/h3-5H,1-2H3,(H,12,13,14). The SMILES string of the molecule is Cc1nc(-c2cccc(C)c2Cl)n[nH]1. The molecule has 0 aliphatic rings. The minimum atomic E-state index is 0.649. The lowest BCUT2D eigenvalue weighted by molar-refractivity contribution is 1.04.